The van der Waals surface area contributed by atoms with E-state index in [2.05, 4.69) is 0 Å². The van der Waals surface area contributed by atoms with E-state index in [1.54, 1.807) is 12.1 Å². The fraction of sp³-hybridized carbons (Fsp3) is 0.571. The van der Waals surface area contributed by atoms with Crippen molar-refractivity contribution in [2.75, 3.05) is 0 Å². The van der Waals surface area contributed by atoms with Crippen molar-refractivity contribution >= 4 is 23.2 Å². The molecule has 0 radical (unpaired) electrons. The molecule has 0 heterocycles. The molecule has 0 N–H and O–H groups in total. The van der Waals surface area contributed by atoms with Crippen LogP contribution in [-0.2, 0) is 6.42 Å². The summed E-state index contributed by atoms with van der Waals surface area (Å²) in [4.78, 5) is 0. The number of hydrogen-bond donors (Lipinski definition) is 0. The number of benzene rings is 1. The average molecular weight is 275 g/mol. The summed E-state index contributed by atoms with van der Waals surface area (Å²) in [5, 5.41) is 0.636. The van der Waals surface area contributed by atoms with Crippen molar-refractivity contribution < 1.29 is 4.39 Å². The fourth-order valence-electron chi connectivity index (χ4n) is 2.57. The maximum atomic E-state index is 13.6. The maximum absolute atomic E-state index is 13.6. The topological polar surface area (TPSA) is 0 Å². The van der Waals surface area contributed by atoms with Gasteiger partial charge in [0.2, 0.25) is 0 Å². The zero-order valence-corrected chi connectivity index (χ0v) is 11.3. The molecule has 1 unspecified atom stereocenters. The minimum atomic E-state index is -0.215. The van der Waals surface area contributed by atoms with E-state index < -0.39 is 0 Å². The van der Waals surface area contributed by atoms with Crippen molar-refractivity contribution in [3.63, 3.8) is 0 Å². The standard InChI is InChI=1S/C14H17Cl2F/c15-12-7-5-11(14(17)9-12)6-8-13(16)10-3-1-2-4-10/h5,7,9-10,13H,1-4,6,8H2. The molecule has 1 atom stereocenters. The van der Waals surface area contributed by atoms with E-state index in [0.29, 0.717) is 17.4 Å². The first kappa shape index (κ1) is 13.2. The third-order valence-corrected chi connectivity index (χ3v) is 4.43. The summed E-state index contributed by atoms with van der Waals surface area (Å²) in [6, 6.07) is 4.87. The molecule has 0 aromatic heterocycles. The zero-order valence-electron chi connectivity index (χ0n) is 9.76. The molecule has 0 nitrogen and oxygen atoms in total. The molecule has 1 fully saturated rings. The first-order chi connectivity index (χ1) is 8.16. The van der Waals surface area contributed by atoms with Crippen LogP contribution >= 0.6 is 23.2 Å². The SMILES string of the molecule is Fc1cc(Cl)ccc1CCC(Cl)C1CCCC1. The Bertz CT molecular complexity index is 372. The Labute approximate surface area is 112 Å². The Morgan fingerprint density at radius 2 is 2.00 bits per heavy atom. The van der Waals surface area contributed by atoms with Gasteiger partial charge in [-0.05, 0) is 49.3 Å². The van der Waals surface area contributed by atoms with Crippen LogP contribution in [0.15, 0.2) is 18.2 Å². The minimum absolute atomic E-state index is 0.188. The van der Waals surface area contributed by atoms with E-state index in [-0.39, 0.29) is 11.2 Å². The molecule has 1 aliphatic rings. The van der Waals surface area contributed by atoms with Gasteiger partial charge in [-0.1, -0.05) is 30.5 Å². The van der Waals surface area contributed by atoms with Crippen molar-refractivity contribution in [2.24, 2.45) is 5.92 Å². The highest BCUT2D eigenvalue weighted by molar-refractivity contribution is 6.30. The Hall–Kier alpha value is -0.270. The first-order valence-electron chi connectivity index (χ1n) is 6.25. The molecule has 3 heteroatoms. The highest BCUT2D eigenvalue weighted by atomic mass is 35.5. The van der Waals surface area contributed by atoms with Crippen molar-refractivity contribution in [1.82, 2.24) is 0 Å². The Balaban J connectivity index is 1.88. The predicted octanol–water partition coefficient (Wildman–Crippen LogP) is 5.21. The van der Waals surface area contributed by atoms with E-state index in [0.717, 1.165) is 12.0 Å². The van der Waals surface area contributed by atoms with Crippen LogP contribution in [0, 0.1) is 11.7 Å². The van der Waals surface area contributed by atoms with Crippen LogP contribution < -0.4 is 0 Å². The third-order valence-electron chi connectivity index (χ3n) is 3.62. The van der Waals surface area contributed by atoms with Crippen LogP contribution in [0.3, 0.4) is 0 Å². The summed E-state index contributed by atoms with van der Waals surface area (Å²) in [5.74, 6) is 0.416. The number of alkyl halides is 1. The Kier molecular flexibility index (Phi) is 4.69. The summed E-state index contributed by atoms with van der Waals surface area (Å²) in [7, 11) is 0. The first-order valence-corrected chi connectivity index (χ1v) is 7.06. The van der Waals surface area contributed by atoms with Gasteiger partial charge in [-0.2, -0.15) is 0 Å². The normalized spacial score (nSPS) is 18.5. The highest BCUT2D eigenvalue weighted by Crippen LogP contribution is 2.32. The van der Waals surface area contributed by atoms with E-state index in [1.807, 2.05) is 0 Å². The molecular weight excluding hydrogens is 258 g/mol. The summed E-state index contributed by atoms with van der Waals surface area (Å²) in [6.45, 7) is 0. The highest BCUT2D eigenvalue weighted by Gasteiger charge is 2.23. The van der Waals surface area contributed by atoms with Gasteiger partial charge in [0.05, 0.1) is 0 Å². The van der Waals surface area contributed by atoms with E-state index in [1.165, 1.54) is 31.7 Å². The fourth-order valence-corrected chi connectivity index (χ4v) is 3.09. The van der Waals surface area contributed by atoms with Gasteiger partial charge in [0, 0.05) is 10.4 Å². The molecule has 0 spiro atoms. The van der Waals surface area contributed by atoms with Crippen LogP contribution in [0.4, 0.5) is 4.39 Å². The number of halogens is 3. The van der Waals surface area contributed by atoms with Gasteiger partial charge in [0.1, 0.15) is 5.82 Å². The van der Waals surface area contributed by atoms with Gasteiger partial charge in [-0.25, -0.2) is 4.39 Å². The molecule has 0 bridgehead atoms. The molecule has 0 aliphatic heterocycles. The van der Waals surface area contributed by atoms with Gasteiger partial charge < -0.3 is 0 Å². The van der Waals surface area contributed by atoms with Gasteiger partial charge in [0.25, 0.3) is 0 Å². The monoisotopic (exact) mass is 274 g/mol. The van der Waals surface area contributed by atoms with Gasteiger partial charge in [-0.15, -0.1) is 11.6 Å². The molecule has 94 valence electrons. The number of rotatable bonds is 4. The Morgan fingerprint density at radius 1 is 1.29 bits per heavy atom. The summed E-state index contributed by atoms with van der Waals surface area (Å²) >= 11 is 12.1. The average Bonchev–Trinajstić information content (AvgIpc) is 2.81. The van der Waals surface area contributed by atoms with Gasteiger partial charge in [0.15, 0.2) is 0 Å². The van der Waals surface area contributed by atoms with Gasteiger partial charge in [-0.3, -0.25) is 0 Å². The summed E-state index contributed by atoms with van der Waals surface area (Å²) in [6.07, 6.45) is 6.61. The van der Waals surface area contributed by atoms with Crippen LogP contribution in [0.5, 0.6) is 0 Å². The van der Waals surface area contributed by atoms with E-state index >= 15 is 0 Å². The van der Waals surface area contributed by atoms with Crippen LogP contribution in [0.2, 0.25) is 5.02 Å². The molecule has 1 aromatic carbocycles. The minimum Gasteiger partial charge on any atom is -0.207 e. The van der Waals surface area contributed by atoms with E-state index in [9.17, 15) is 4.39 Å². The third kappa shape index (κ3) is 3.59. The van der Waals surface area contributed by atoms with Gasteiger partial charge >= 0.3 is 0 Å². The molecule has 1 aromatic rings. The molecule has 0 amide bonds. The summed E-state index contributed by atoms with van der Waals surface area (Å²) in [5.41, 5.74) is 0.720. The lowest BCUT2D eigenvalue weighted by atomic mass is 9.97. The lowest BCUT2D eigenvalue weighted by Crippen LogP contribution is -2.12. The quantitative estimate of drug-likeness (QED) is 0.662. The second kappa shape index (κ2) is 6.06. The number of hydrogen-bond acceptors (Lipinski definition) is 0. The Morgan fingerprint density at radius 3 is 2.65 bits per heavy atom. The maximum Gasteiger partial charge on any atom is 0.127 e. The molecule has 0 saturated heterocycles. The second-order valence-electron chi connectivity index (χ2n) is 4.83. The number of aryl methyl sites for hydroxylation is 1. The molecule has 2 rings (SSSR count). The van der Waals surface area contributed by atoms with E-state index in [4.69, 9.17) is 23.2 Å². The molecule has 17 heavy (non-hydrogen) atoms. The van der Waals surface area contributed by atoms with Crippen LogP contribution in [0.25, 0.3) is 0 Å². The predicted molar refractivity (Wildman–Crippen MR) is 71.3 cm³/mol. The van der Waals surface area contributed by atoms with Crippen LogP contribution in [0.1, 0.15) is 37.7 Å². The zero-order chi connectivity index (χ0) is 12.3. The molecule has 1 saturated carbocycles. The van der Waals surface area contributed by atoms with Crippen molar-refractivity contribution in [2.45, 2.75) is 43.9 Å². The second-order valence-corrected chi connectivity index (χ2v) is 5.83. The molecule has 1 aliphatic carbocycles. The largest absolute Gasteiger partial charge is 0.207 e. The van der Waals surface area contributed by atoms with Crippen LogP contribution in [-0.4, -0.2) is 5.38 Å². The summed E-state index contributed by atoms with van der Waals surface area (Å²) < 4.78 is 13.6. The van der Waals surface area contributed by atoms with Crippen molar-refractivity contribution in [1.29, 1.82) is 0 Å². The van der Waals surface area contributed by atoms with Crippen molar-refractivity contribution in [3.8, 4) is 0 Å². The smallest absolute Gasteiger partial charge is 0.127 e. The lowest BCUT2D eigenvalue weighted by molar-refractivity contribution is 0.488. The lowest BCUT2D eigenvalue weighted by Gasteiger charge is -2.16. The molecular formula is C14H17Cl2F. The van der Waals surface area contributed by atoms with Crippen molar-refractivity contribution in [3.05, 3.63) is 34.6 Å².